The molecule has 0 atom stereocenters. The predicted molar refractivity (Wildman–Crippen MR) is 99.2 cm³/mol. The molecule has 2 aliphatic rings. The third-order valence-corrected chi connectivity index (χ3v) is 4.95. The second-order valence-electron chi connectivity index (χ2n) is 6.81. The fraction of sp³-hybridized carbons (Fsp3) is 0.250. The van der Waals surface area contributed by atoms with Crippen LogP contribution in [0.4, 0.5) is 21.5 Å². The van der Waals surface area contributed by atoms with Gasteiger partial charge in [-0.15, -0.1) is 0 Å². The van der Waals surface area contributed by atoms with Crippen molar-refractivity contribution in [1.82, 2.24) is 0 Å². The van der Waals surface area contributed by atoms with Crippen molar-refractivity contribution in [2.45, 2.75) is 26.2 Å². The summed E-state index contributed by atoms with van der Waals surface area (Å²) in [6, 6.07) is 7.84. The lowest BCUT2D eigenvalue weighted by molar-refractivity contribution is -0.133. The first-order valence-corrected chi connectivity index (χ1v) is 8.77. The Bertz CT molecular complexity index is 987. The maximum absolute atomic E-state index is 13.6. The number of hydrogen-bond donors (Lipinski definition) is 2. The fourth-order valence-corrected chi connectivity index (χ4v) is 3.58. The van der Waals surface area contributed by atoms with Gasteiger partial charge in [0.05, 0.1) is 5.69 Å². The number of halogens is 1. The summed E-state index contributed by atoms with van der Waals surface area (Å²) < 4.78 is 13.6. The number of benzene rings is 2. The van der Waals surface area contributed by atoms with Gasteiger partial charge >= 0.3 is 11.8 Å². The second-order valence-corrected chi connectivity index (χ2v) is 6.81. The molecule has 0 fully saturated rings. The Labute approximate surface area is 155 Å². The minimum atomic E-state index is -0.871. The van der Waals surface area contributed by atoms with Crippen LogP contribution in [0.25, 0.3) is 0 Å². The number of nitrogens with one attached hydrogen (secondary N) is 2. The molecule has 138 valence electrons. The Kier molecular flexibility index (Phi) is 4.14. The Morgan fingerprint density at radius 1 is 0.963 bits per heavy atom. The lowest BCUT2D eigenvalue weighted by Gasteiger charge is -2.25. The van der Waals surface area contributed by atoms with Crippen molar-refractivity contribution >= 4 is 34.8 Å². The van der Waals surface area contributed by atoms with Crippen molar-refractivity contribution in [3.8, 4) is 0 Å². The van der Waals surface area contributed by atoms with E-state index in [-0.39, 0.29) is 11.6 Å². The first-order chi connectivity index (χ1) is 12.9. The van der Waals surface area contributed by atoms with Crippen LogP contribution in [0, 0.1) is 12.7 Å². The third kappa shape index (κ3) is 3.16. The maximum atomic E-state index is 13.6. The van der Waals surface area contributed by atoms with Gasteiger partial charge in [0.1, 0.15) is 5.82 Å². The summed E-state index contributed by atoms with van der Waals surface area (Å²) in [7, 11) is 0. The molecule has 0 unspecified atom stereocenters. The standard InChI is InChI=1S/C20H18FN3O3/c1-11-2-4-14(10-16(11)21)22-19(26)20(27)23-15-8-12-3-5-17(25)24-7-6-13(9-15)18(12)24/h2,4,8-10H,3,5-7H2,1H3,(H,22,26)(H,23,27). The van der Waals surface area contributed by atoms with Crippen molar-refractivity contribution in [2.24, 2.45) is 0 Å². The fourth-order valence-electron chi connectivity index (χ4n) is 3.58. The monoisotopic (exact) mass is 367 g/mol. The van der Waals surface area contributed by atoms with E-state index in [0.717, 1.165) is 23.2 Å². The molecular weight excluding hydrogens is 349 g/mol. The summed E-state index contributed by atoms with van der Waals surface area (Å²) >= 11 is 0. The van der Waals surface area contributed by atoms with Crippen LogP contribution in [-0.4, -0.2) is 24.3 Å². The van der Waals surface area contributed by atoms with Crippen molar-refractivity contribution in [3.63, 3.8) is 0 Å². The lowest BCUT2D eigenvalue weighted by atomic mass is 9.98. The Balaban J connectivity index is 1.49. The van der Waals surface area contributed by atoms with Gasteiger partial charge in [0.2, 0.25) is 5.91 Å². The minimum Gasteiger partial charge on any atom is -0.318 e. The SMILES string of the molecule is Cc1ccc(NC(=O)C(=O)Nc2cc3c4c(c2)CCN4C(=O)CC3)cc1F. The predicted octanol–water partition coefficient (Wildman–Crippen LogP) is 2.55. The van der Waals surface area contributed by atoms with Crippen LogP contribution in [0.2, 0.25) is 0 Å². The molecule has 0 saturated carbocycles. The highest BCUT2D eigenvalue weighted by Crippen LogP contribution is 2.38. The number of carbonyl (C=O) groups is 3. The first-order valence-electron chi connectivity index (χ1n) is 8.77. The van der Waals surface area contributed by atoms with E-state index in [1.165, 1.54) is 18.2 Å². The summed E-state index contributed by atoms with van der Waals surface area (Å²) in [6.45, 7) is 2.26. The zero-order valence-corrected chi connectivity index (χ0v) is 14.8. The van der Waals surface area contributed by atoms with Crippen LogP contribution in [0.5, 0.6) is 0 Å². The van der Waals surface area contributed by atoms with Crippen LogP contribution in [0.3, 0.4) is 0 Å². The van der Waals surface area contributed by atoms with Crippen molar-refractivity contribution in [3.05, 3.63) is 52.8 Å². The molecule has 0 saturated heterocycles. The second kappa shape index (κ2) is 6.50. The van der Waals surface area contributed by atoms with Gasteiger partial charge in [-0.25, -0.2) is 4.39 Å². The highest BCUT2D eigenvalue weighted by Gasteiger charge is 2.31. The average Bonchev–Trinajstić information content (AvgIpc) is 3.06. The van der Waals surface area contributed by atoms with E-state index < -0.39 is 17.6 Å². The highest BCUT2D eigenvalue weighted by atomic mass is 19.1. The van der Waals surface area contributed by atoms with Gasteiger partial charge in [-0.2, -0.15) is 0 Å². The minimum absolute atomic E-state index is 0.128. The molecule has 2 heterocycles. The van der Waals surface area contributed by atoms with E-state index in [9.17, 15) is 18.8 Å². The van der Waals surface area contributed by atoms with E-state index in [4.69, 9.17) is 0 Å². The van der Waals surface area contributed by atoms with Crippen LogP contribution in [0.1, 0.15) is 23.1 Å². The summed E-state index contributed by atoms with van der Waals surface area (Å²) in [5, 5.41) is 4.99. The first kappa shape index (κ1) is 17.2. The number of carbonyl (C=O) groups excluding carboxylic acids is 3. The molecule has 2 aromatic carbocycles. The molecule has 0 aliphatic carbocycles. The molecule has 0 aromatic heterocycles. The van der Waals surface area contributed by atoms with Crippen molar-refractivity contribution in [2.75, 3.05) is 22.1 Å². The average molecular weight is 367 g/mol. The van der Waals surface area contributed by atoms with E-state index >= 15 is 0 Å². The molecule has 0 spiro atoms. The van der Waals surface area contributed by atoms with Gasteiger partial charge in [-0.05, 0) is 60.7 Å². The van der Waals surface area contributed by atoms with Crippen LogP contribution < -0.4 is 15.5 Å². The molecule has 2 aromatic rings. The van der Waals surface area contributed by atoms with Crippen molar-refractivity contribution < 1.29 is 18.8 Å². The molecule has 6 nitrogen and oxygen atoms in total. The summed E-state index contributed by atoms with van der Waals surface area (Å²) in [4.78, 5) is 38.1. The highest BCUT2D eigenvalue weighted by molar-refractivity contribution is 6.43. The number of hydrogen-bond acceptors (Lipinski definition) is 3. The third-order valence-electron chi connectivity index (χ3n) is 4.95. The van der Waals surface area contributed by atoms with Crippen LogP contribution in [-0.2, 0) is 27.2 Å². The molecule has 7 heteroatoms. The molecule has 4 rings (SSSR count). The van der Waals surface area contributed by atoms with Crippen LogP contribution >= 0.6 is 0 Å². The van der Waals surface area contributed by atoms with Crippen molar-refractivity contribution in [1.29, 1.82) is 0 Å². The van der Waals surface area contributed by atoms with Gasteiger partial charge < -0.3 is 15.5 Å². The number of nitrogens with zero attached hydrogens (tertiary/aromatic N) is 1. The molecule has 0 bridgehead atoms. The van der Waals surface area contributed by atoms with Gasteiger partial charge in [-0.3, -0.25) is 14.4 Å². The van der Waals surface area contributed by atoms with E-state index in [1.807, 2.05) is 0 Å². The number of rotatable bonds is 2. The zero-order valence-electron chi connectivity index (χ0n) is 14.8. The number of aryl methyl sites for hydroxylation is 2. The smallest absolute Gasteiger partial charge is 0.314 e. The Hall–Kier alpha value is -3.22. The molecule has 3 amide bonds. The van der Waals surface area contributed by atoms with Gasteiger partial charge in [0, 0.05) is 24.3 Å². The largest absolute Gasteiger partial charge is 0.318 e. The molecule has 0 radical (unpaired) electrons. The van der Waals surface area contributed by atoms with E-state index in [0.29, 0.717) is 30.6 Å². The lowest BCUT2D eigenvalue weighted by Crippen LogP contribution is -2.33. The van der Waals surface area contributed by atoms with E-state index in [2.05, 4.69) is 10.6 Å². The van der Waals surface area contributed by atoms with Crippen LogP contribution in [0.15, 0.2) is 30.3 Å². The number of anilines is 3. The van der Waals surface area contributed by atoms with Gasteiger partial charge in [0.15, 0.2) is 0 Å². The topological polar surface area (TPSA) is 78.5 Å². The van der Waals surface area contributed by atoms with Gasteiger partial charge in [0.25, 0.3) is 0 Å². The summed E-state index contributed by atoms with van der Waals surface area (Å²) in [5.41, 5.74) is 4.14. The zero-order chi connectivity index (χ0) is 19.1. The molecular formula is C20H18FN3O3. The molecule has 27 heavy (non-hydrogen) atoms. The Morgan fingerprint density at radius 2 is 1.63 bits per heavy atom. The Morgan fingerprint density at radius 3 is 2.33 bits per heavy atom. The number of amides is 3. The quantitative estimate of drug-likeness (QED) is 0.801. The van der Waals surface area contributed by atoms with E-state index in [1.54, 1.807) is 24.0 Å². The summed E-state index contributed by atoms with van der Waals surface area (Å²) in [6.07, 6.45) is 1.80. The molecule has 2 aliphatic heterocycles. The van der Waals surface area contributed by atoms with Gasteiger partial charge in [-0.1, -0.05) is 6.07 Å². The maximum Gasteiger partial charge on any atom is 0.314 e. The summed E-state index contributed by atoms with van der Waals surface area (Å²) in [5.74, 6) is -2.03. The molecule has 2 N–H and O–H groups in total. The normalized spacial score (nSPS) is 14.7.